The second-order valence-corrected chi connectivity index (χ2v) is 12.9. The average Bonchev–Trinajstić information content (AvgIpc) is 2.92. The SMILES string of the molecule is O=C(c1ccc(NS(=O)(=O)c2cccc3cccnc23)c(OC(F)(F)F)c1)N1CCN(Cc2cc(Cl)cc(I)c2)CC1. The number of ether oxygens (including phenoxy) is 1. The molecule has 2 heterocycles. The van der Waals surface area contributed by atoms with Crippen molar-refractivity contribution in [2.75, 3.05) is 30.9 Å². The van der Waals surface area contributed by atoms with E-state index in [1.165, 1.54) is 29.3 Å². The summed E-state index contributed by atoms with van der Waals surface area (Å²) in [6.45, 7) is 2.46. The Morgan fingerprint density at radius 2 is 1.76 bits per heavy atom. The smallest absolute Gasteiger partial charge is 0.404 e. The molecule has 4 aromatic rings. The Morgan fingerprint density at radius 3 is 2.48 bits per heavy atom. The average molecular weight is 731 g/mol. The molecule has 1 aliphatic rings. The molecule has 220 valence electrons. The number of nitrogens with zero attached hydrogens (tertiary/aromatic N) is 3. The van der Waals surface area contributed by atoms with Gasteiger partial charge in [-0.2, -0.15) is 0 Å². The van der Waals surface area contributed by atoms with Gasteiger partial charge < -0.3 is 9.64 Å². The van der Waals surface area contributed by atoms with Crippen molar-refractivity contribution < 1.29 is 31.1 Å². The number of carbonyl (C=O) groups excluding carboxylic acids is 1. The maximum absolute atomic E-state index is 13.3. The zero-order valence-corrected chi connectivity index (χ0v) is 25.5. The molecule has 0 radical (unpaired) electrons. The molecule has 5 rings (SSSR count). The minimum atomic E-state index is -5.13. The van der Waals surface area contributed by atoms with Gasteiger partial charge in [-0.1, -0.05) is 29.8 Å². The van der Waals surface area contributed by atoms with Crippen molar-refractivity contribution in [2.45, 2.75) is 17.8 Å². The highest BCUT2D eigenvalue weighted by molar-refractivity contribution is 14.1. The number of para-hydroxylation sites is 1. The molecule has 8 nitrogen and oxygen atoms in total. The number of fused-ring (bicyclic) bond motifs is 1. The van der Waals surface area contributed by atoms with E-state index in [0.717, 1.165) is 21.3 Å². The van der Waals surface area contributed by atoms with Crippen molar-refractivity contribution in [1.82, 2.24) is 14.8 Å². The molecular formula is C28H23ClF3IN4O4S. The molecule has 0 aliphatic carbocycles. The normalized spacial score (nSPS) is 14.6. The van der Waals surface area contributed by atoms with Crippen LogP contribution < -0.4 is 9.46 Å². The van der Waals surface area contributed by atoms with Gasteiger partial charge in [0.2, 0.25) is 0 Å². The van der Waals surface area contributed by atoms with Crippen LogP contribution in [0.15, 0.2) is 77.8 Å². The Balaban J connectivity index is 1.34. The molecule has 1 aliphatic heterocycles. The van der Waals surface area contributed by atoms with E-state index in [-0.39, 0.29) is 16.0 Å². The summed E-state index contributed by atoms with van der Waals surface area (Å²) < 4.78 is 73.8. The third kappa shape index (κ3) is 7.25. The Hall–Kier alpha value is -3.14. The Labute approximate surface area is 258 Å². The number of carbonyl (C=O) groups is 1. The van der Waals surface area contributed by atoms with Crippen LogP contribution in [0, 0.1) is 3.57 Å². The van der Waals surface area contributed by atoms with E-state index < -0.39 is 33.7 Å². The summed E-state index contributed by atoms with van der Waals surface area (Å²) in [5.74, 6) is -1.34. The predicted octanol–water partition coefficient (Wildman–Crippen LogP) is 6.15. The third-order valence-electron chi connectivity index (χ3n) is 6.57. The third-order valence-corrected chi connectivity index (χ3v) is 8.81. The van der Waals surface area contributed by atoms with Crippen LogP contribution in [0.1, 0.15) is 15.9 Å². The number of nitrogens with one attached hydrogen (secondary N) is 1. The number of amides is 1. The number of halogens is 5. The number of alkyl halides is 3. The molecule has 0 bridgehead atoms. The van der Waals surface area contributed by atoms with Crippen molar-refractivity contribution in [1.29, 1.82) is 0 Å². The van der Waals surface area contributed by atoms with Crippen LogP contribution in [0.25, 0.3) is 10.9 Å². The highest BCUT2D eigenvalue weighted by Crippen LogP contribution is 2.34. The molecule has 0 saturated carbocycles. The van der Waals surface area contributed by atoms with Crippen molar-refractivity contribution in [3.63, 3.8) is 0 Å². The molecule has 1 amide bonds. The highest BCUT2D eigenvalue weighted by Gasteiger charge is 2.34. The van der Waals surface area contributed by atoms with Crippen LogP contribution in [0.2, 0.25) is 5.02 Å². The maximum Gasteiger partial charge on any atom is 0.573 e. The number of piperazine rings is 1. The first-order valence-corrected chi connectivity index (χ1v) is 15.5. The molecular weight excluding hydrogens is 708 g/mol. The lowest BCUT2D eigenvalue weighted by molar-refractivity contribution is -0.274. The topological polar surface area (TPSA) is 91.8 Å². The monoisotopic (exact) mass is 730 g/mol. The molecule has 0 atom stereocenters. The summed E-state index contributed by atoms with van der Waals surface area (Å²) in [5, 5.41) is 1.18. The molecule has 1 aromatic heterocycles. The number of anilines is 1. The van der Waals surface area contributed by atoms with Crippen LogP contribution >= 0.6 is 34.2 Å². The lowest BCUT2D eigenvalue weighted by Gasteiger charge is -2.35. The molecule has 0 spiro atoms. The van der Waals surface area contributed by atoms with Crippen molar-refractivity contribution >= 4 is 66.7 Å². The van der Waals surface area contributed by atoms with Gasteiger partial charge in [0.15, 0.2) is 5.75 Å². The first-order valence-electron chi connectivity index (χ1n) is 12.6. The fourth-order valence-electron chi connectivity index (χ4n) is 4.69. The minimum Gasteiger partial charge on any atom is -0.404 e. The predicted molar refractivity (Wildman–Crippen MR) is 161 cm³/mol. The number of aromatic nitrogens is 1. The first kappa shape index (κ1) is 30.3. The molecule has 0 unspecified atom stereocenters. The van der Waals surface area contributed by atoms with Crippen molar-refractivity contribution in [2.24, 2.45) is 0 Å². The van der Waals surface area contributed by atoms with E-state index in [4.69, 9.17) is 11.6 Å². The fourth-order valence-corrected chi connectivity index (χ4v) is 7.12. The van der Waals surface area contributed by atoms with Crippen molar-refractivity contribution in [3.8, 4) is 5.75 Å². The summed E-state index contributed by atoms with van der Waals surface area (Å²) in [5.41, 5.74) is 0.652. The van der Waals surface area contributed by atoms with Gasteiger partial charge in [0.05, 0.1) is 11.2 Å². The van der Waals surface area contributed by atoms with Crippen LogP contribution in [0.3, 0.4) is 0 Å². The van der Waals surface area contributed by atoms with Gasteiger partial charge in [0, 0.05) is 58.5 Å². The van der Waals surface area contributed by atoms with Gasteiger partial charge in [-0.15, -0.1) is 13.2 Å². The van der Waals surface area contributed by atoms with E-state index in [2.05, 4.69) is 41.9 Å². The quantitative estimate of drug-likeness (QED) is 0.230. The number of hydrogen-bond acceptors (Lipinski definition) is 6. The van der Waals surface area contributed by atoms with Crippen LogP contribution in [-0.2, 0) is 16.6 Å². The van der Waals surface area contributed by atoms with E-state index in [0.29, 0.717) is 43.1 Å². The largest absolute Gasteiger partial charge is 0.573 e. The first-order chi connectivity index (χ1) is 19.9. The maximum atomic E-state index is 13.3. The highest BCUT2D eigenvalue weighted by atomic mass is 127. The second-order valence-electron chi connectivity index (χ2n) is 9.54. The summed E-state index contributed by atoms with van der Waals surface area (Å²) >= 11 is 8.35. The van der Waals surface area contributed by atoms with Crippen LogP contribution in [0.5, 0.6) is 5.75 Å². The van der Waals surface area contributed by atoms with Crippen LogP contribution in [0.4, 0.5) is 18.9 Å². The molecule has 3 aromatic carbocycles. The lowest BCUT2D eigenvalue weighted by Crippen LogP contribution is -2.48. The van der Waals surface area contributed by atoms with Crippen molar-refractivity contribution in [3.05, 3.63) is 92.6 Å². The molecule has 14 heteroatoms. The van der Waals surface area contributed by atoms with E-state index >= 15 is 0 Å². The molecule has 42 heavy (non-hydrogen) atoms. The molecule has 1 N–H and O–H groups in total. The number of pyridine rings is 1. The minimum absolute atomic E-state index is 0.0677. The summed E-state index contributed by atoms with van der Waals surface area (Å²) in [6, 6.07) is 16.8. The zero-order chi connectivity index (χ0) is 30.1. The number of hydrogen-bond donors (Lipinski definition) is 1. The van der Waals surface area contributed by atoms with Gasteiger partial charge in [0.25, 0.3) is 15.9 Å². The van der Waals surface area contributed by atoms with Gasteiger partial charge in [-0.3, -0.25) is 19.4 Å². The Kier molecular flexibility index (Phi) is 8.83. The number of benzene rings is 3. The van der Waals surface area contributed by atoms with Crippen LogP contribution in [-0.4, -0.2) is 61.7 Å². The molecule has 1 saturated heterocycles. The summed E-state index contributed by atoms with van der Waals surface area (Å²) in [4.78, 5) is 20.8. The van der Waals surface area contributed by atoms with Gasteiger partial charge in [-0.25, -0.2) is 8.42 Å². The zero-order valence-electron chi connectivity index (χ0n) is 21.7. The lowest BCUT2D eigenvalue weighted by atomic mass is 10.1. The van der Waals surface area contributed by atoms with E-state index in [9.17, 15) is 26.4 Å². The second kappa shape index (κ2) is 12.2. The van der Waals surface area contributed by atoms with E-state index in [1.54, 1.807) is 18.2 Å². The van der Waals surface area contributed by atoms with Gasteiger partial charge in [0.1, 0.15) is 4.90 Å². The van der Waals surface area contributed by atoms with E-state index in [1.807, 2.05) is 18.2 Å². The Bertz CT molecular complexity index is 1720. The van der Waals surface area contributed by atoms with Gasteiger partial charge >= 0.3 is 6.36 Å². The summed E-state index contributed by atoms with van der Waals surface area (Å²) in [6.07, 6.45) is -3.72. The Morgan fingerprint density at radius 1 is 1.02 bits per heavy atom. The number of sulfonamides is 1. The molecule has 1 fully saturated rings. The standard InChI is InChI=1S/C28H23ClF3IN4O4S/c29-21-13-18(14-22(33)16-21)17-36-9-11-37(12-10-36)27(38)20-6-7-23(24(15-20)41-28(30,31)32)35-42(39,40)25-5-1-3-19-4-2-8-34-26(19)25/h1-8,13-16,35H,9-12,17H2. The number of rotatable bonds is 7. The summed E-state index contributed by atoms with van der Waals surface area (Å²) in [7, 11) is -4.38. The van der Waals surface area contributed by atoms with Gasteiger partial charge in [-0.05, 0) is 76.7 Å². The fraction of sp³-hybridized carbons (Fsp3) is 0.214.